The molecule has 0 radical (unpaired) electrons. The summed E-state index contributed by atoms with van der Waals surface area (Å²) in [5.74, 6) is -0.813. The van der Waals surface area contributed by atoms with Crippen LogP contribution in [0.1, 0.15) is 33.7 Å². The molecule has 1 aliphatic heterocycles. The smallest absolute Gasteiger partial charge is 0.315 e. The van der Waals surface area contributed by atoms with Gasteiger partial charge in [-0.25, -0.2) is 0 Å². The normalized spacial score (nSPS) is 16.6. The van der Waals surface area contributed by atoms with Crippen molar-refractivity contribution in [3.8, 4) is 5.75 Å². The molecule has 0 saturated carbocycles. The first-order chi connectivity index (χ1) is 9.58. The predicted molar refractivity (Wildman–Crippen MR) is 76.2 cm³/mol. The molecule has 0 amide bonds. The van der Waals surface area contributed by atoms with Gasteiger partial charge in [-0.1, -0.05) is 30.3 Å². The Balaban J connectivity index is 2.30. The molecule has 2 aromatic carbocycles. The summed E-state index contributed by atoms with van der Waals surface area (Å²) in [4.78, 5) is 11.8. The van der Waals surface area contributed by atoms with E-state index in [-0.39, 0.29) is 0 Å². The van der Waals surface area contributed by atoms with E-state index < -0.39 is 11.9 Å². The van der Waals surface area contributed by atoms with Crippen molar-refractivity contribution in [2.75, 3.05) is 0 Å². The minimum absolute atomic E-state index is 0.413. The fraction of sp³-hybridized carbons (Fsp3) is 0.235. The summed E-state index contributed by atoms with van der Waals surface area (Å²) < 4.78 is 5.85. The second-order valence-electron chi connectivity index (χ2n) is 5.25. The summed E-state index contributed by atoms with van der Waals surface area (Å²) >= 11 is 0. The van der Waals surface area contributed by atoms with Gasteiger partial charge in [0.2, 0.25) is 0 Å². The molecule has 1 heterocycles. The maximum atomic E-state index is 11.8. The molecule has 102 valence electrons. The van der Waals surface area contributed by atoms with Crippen molar-refractivity contribution in [1.29, 1.82) is 0 Å². The molecular weight excluding hydrogens is 252 g/mol. The molecule has 0 aromatic heterocycles. The highest BCUT2D eigenvalue weighted by molar-refractivity contribution is 5.83. The minimum Gasteiger partial charge on any atom is -0.489 e. The number of ether oxygens (including phenoxy) is 1. The first kappa shape index (κ1) is 12.7. The van der Waals surface area contributed by atoms with Crippen LogP contribution in [-0.2, 0) is 11.4 Å². The average molecular weight is 268 g/mol. The minimum atomic E-state index is -0.837. The number of rotatable bonds is 1. The molecule has 0 fully saturated rings. The zero-order chi connectivity index (χ0) is 14.3. The highest BCUT2D eigenvalue weighted by atomic mass is 16.5. The Labute approximate surface area is 117 Å². The van der Waals surface area contributed by atoms with E-state index in [0.717, 1.165) is 27.8 Å². The third kappa shape index (κ3) is 1.95. The van der Waals surface area contributed by atoms with Crippen LogP contribution in [0.2, 0.25) is 0 Å². The van der Waals surface area contributed by atoms with Crippen LogP contribution in [0.15, 0.2) is 36.4 Å². The molecule has 0 spiro atoms. The molecule has 1 aliphatic rings. The van der Waals surface area contributed by atoms with Gasteiger partial charge in [0.25, 0.3) is 0 Å². The van der Waals surface area contributed by atoms with E-state index >= 15 is 0 Å². The van der Waals surface area contributed by atoms with Gasteiger partial charge in [-0.2, -0.15) is 0 Å². The van der Waals surface area contributed by atoms with Crippen LogP contribution < -0.4 is 4.74 Å². The Hall–Kier alpha value is -2.29. The summed E-state index contributed by atoms with van der Waals surface area (Å²) in [6.45, 7) is 4.35. The first-order valence-corrected chi connectivity index (χ1v) is 6.62. The number of hydrogen-bond acceptors (Lipinski definition) is 2. The Kier molecular flexibility index (Phi) is 2.97. The quantitative estimate of drug-likeness (QED) is 0.862. The lowest BCUT2D eigenvalue weighted by molar-refractivity contribution is -0.137. The van der Waals surface area contributed by atoms with Crippen molar-refractivity contribution >= 4 is 5.97 Å². The Morgan fingerprint density at radius 2 is 2.00 bits per heavy atom. The lowest BCUT2D eigenvalue weighted by Gasteiger charge is -2.17. The lowest BCUT2D eigenvalue weighted by Crippen LogP contribution is -2.15. The van der Waals surface area contributed by atoms with Gasteiger partial charge in [0.05, 0.1) is 0 Å². The van der Waals surface area contributed by atoms with Crippen molar-refractivity contribution in [2.45, 2.75) is 26.4 Å². The molecule has 1 N–H and O–H groups in total. The second kappa shape index (κ2) is 4.67. The highest BCUT2D eigenvalue weighted by Gasteiger charge is 2.31. The molecule has 1 atom stereocenters. The van der Waals surface area contributed by atoms with Gasteiger partial charge in [0.15, 0.2) is 0 Å². The molecule has 20 heavy (non-hydrogen) atoms. The van der Waals surface area contributed by atoms with Gasteiger partial charge in [-0.05, 0) is 42.2 Å². The number of benzene rings is 2. The van der Waals surface area contributed by atoms with Gasteiger partial charge >= 0.3 is 5.97 Å². The topological polar surface area (TPSA) is 46.5 Å². The molecule has 0 aliphatic carbocycles. The Morgan fingerprint density at radius 3 is 2.75 bits per heavy atom. The second-order valence-corrected chi connectivity index (χ2v) is 5.25. The third-order valence-electron chi connectivity index (χ3n) is 3.78. The van der Waals surface area contributed by atoms with E-state index in [0.29, 0.717) is 12.4 Å². The van der Waals surface area contributed by atoms with Gasteiger partial charge in [-0.15, -0.1) is 0 Å². The van der Waals surface area contributed by atoms with Crippen molar-refractivity contribution in [3.05, 3.63) is 64.2 Å². The molecule has 0 saturated heterocycles. The lowest BCUT2D eigenvalue weighted by atomic mass is 9.85. The van der Waals surface area contributed by atoms with E-state index in [2.05, 4.69) is 0 Å². The van der Waals surface area contributed by atoms with E-state index in [4.69, 9.17) is 4.74 Å². The molecule has 3 heteroatoms. The van der Waals surface area contributed by atoms with Gasteiger partial charge < -0.3 is 9.84 Å². The van der Waals surface area contributed by atoms with Crippen LogP contribution in [0.4, 0.5) is 0 Å². The van der Waals surface area contributed by atoms with Crippen LogP contribution in [0, 0.1) is 13.8 Å². The summed E-state index contributed by atoms with van der Waals surface area (Å²) in [6, 6.07) is 11.5. The predicted octanol–water partition coefficient (Wildman–Crippen LogP) is 3.41. The van der Waals surface area contributed by atoms with Crippen LogP contribution in [0.25, 0.3) is 0 Å². The van der Waals surface area contributed by atoms with Crippen LogP contribution in [0.5, 0.6) is 5.75 Å². The number of carboxylic acids is 1. The number of carboxylic acid groups (broad SMARTS) is 1. The zero-order valence-electron chi connectivity index (χ0n) is 11.5. The number of aliphatic carboxylic acids is 1. The summed E-state index contributed by atoms with van der Waals surface area (Å²) in [6.07, 6.45) is 0. The Morgan fingerprint density at radius 1 is 1.25 bits per heavy atom. The van der Waals surface area contributed by atoms with Crippen molar-refractivity contribution in [2.24, 2.45) is 0 Å². The molecule has 3 nitrogen and oxygen atoms in total. The number of aryl methyl sites for hydroxylation is 2. The molecule has 0 bridgehead atoms. The standard InChI is InChI=1S/C17H16O3/c1-10-7-11(2)15-14(8-10)20-9-12-5-3-4-6-13(12)16(15)17(18)19/h3-8,16H,9H2,1-2H3,(H,18,19). The van der Waals surface area contributed by atoms with Crippen molar-refractivity contribution in [1.82, 2.24) is 0 Å². The fourth-order valence-corrected chi connectivity index (χ4v) is 2.94. The maximum Gasteiger partial charge on any atom is 0.315 e. The SMILES string of the molecule is Cc1cc(C)c2c(c1)OCc1ccccc1C2C(=O)O. The fourth-order valence-electron chi connectivity index (χ4n) is 2.94. The van der Waals surface area contributed by atoms with Gasteiger partial charge in [0, 0.05) is 5.56 Å². The Bertz CT molecular complexity index is 689. The van der Waals surface area contributed by atoms with Gasteiger partial charge in [-0.3, -0.25) is 4.79 Å². The number of carbonyl (C=O) groups is 1. The summed E-state index contributed by atoms with van der Waals surface area (Å²) in [5.41, 5.74) is 4.58. The maximum absolute atomic E-state index is 11.8. The molecule has 2 aromatic rings. The summed E-state index contributed by atoms with van der Waals surface area (Å²) in [5, 5.41) is 9.69. The van der Waals surface area contributed by atoms with Crippen molar-refractivity contribution in [3.63, 3.8) is 0 Å². The average Bonchev–Trinajstić information content (AvgIpc) is 2.56. The van der Waals surface area contributed by atoms with Crippen LogP contribution in [0.3, 0.4) is 0 Å². The van der Waals surface area contributed by atoms with E-state index in [1.54, 1.807) is 0 Å². The largest absolute Gasteiger partial charge is 0.489 e. The third-order valence-corrected chi connectivity index (χ3v) is 3.78. The molecular formula is C17H16O3. The molecule has 3 rings (SSSR count). The van der Waals surface area contributed by atoms with Crippen LogP contribution >= 0.6 is 0 Å². The summed E-state index contributed by atoms with van der Waals surface area (Å²) in [7, 11) is 0. The van der Waals surface area contributed by atoms with Crippen molar-refractivity contribution < 1.29 is 14.6 Å². The molecule has 1 unspecified atom stereocenters. The number of fused-ring (bicyclic) bond motifs is 2. The van der Waals surface area contributed by atoms with Gasteiger partial charge in [0.1, 0.15) is 18.3 Å². The number of hydrogen-bond donors (Lipinski definition) is 1. The first-order valence-electron chi connectivity index (χ1n) is 6.62. The van der Waals surface area contributed by atoms with Crippen LogP contribution in [-0.4, -0.2) is 11.1 Å². The van der Waals surface area contributed by atoms with E-state index in [9.17, 15) is 9.90 Å². The monoisotopic (exact) mass is 268 g/mol. The van der Waals surface area contributed by atoms with E-state index in [1.165, 1.54) is 0 Å². The van der Waals surface area contributed by atoms with E-state index in [1.807, 2.05) is 50.2 Å². The zero-order valence-corrected chi connectivity index (χ0v) is 11.5. The highest BCUT2D eigenvalue weighted by Crippen LogP contribution is 2.40.